The molecule has 2 rings (SSSR count). The third-order valence-corrected chi connectivity index (χ3v) is 4.95. The van der Waals surface area contributed by atoms with E-state index in [2.05, 4.69) is 5.32 Å². The van der Waals surface area contributed by atoms with E-state index in [4.69, 9.17) is 9.47 Å². The van der Waals surface area contributed by atoms with Crippen molar-refractivity contribution < 1.29 is 19.1 Å². The molecule has 128 valence electrons. The Hall–Kier alpha value is -2.34. The van der Waals surface area contributed by atoms with Gasteiger partial charge in [0.05, 0.1) is 19.8 Å². The average Bonchev–Trinajstić information content (AvgIpc) is 2.86. The minimum atomic E-state index is -0.428. The van der Waals surface area contributed by atoms with Gasteiger partial charge in [-0.2, -0.15) is 0 Å². The molecule has 6 heteroatoms. The summed E-state index contributed by atoms with van der Waals surface area (Å²) in [6, 6.07) is 7.61. The minimum absolute atomic E-state index is 0.128. The van der Waals surface area contributed by atoms with Crippen molar-refractivity contribution >= 4 is 28.2 Å². The number of nitrogens with one attached hydrogen (secondary N) is 1. The number of anilines is 1. The lowest BCUT2D eigenvalue weighted by Gasteiger charge is -2.07. The van der Waals surface area contributed by atoms with E-state index in [0.717, 1.165) is 21.8 Å². The number of esters is 1. The van der Waals surface area contributed by atoms with Crippen LogP contribution < -0.4 is 10.1 Å². The van der Waals surface area contributed by atoms with Gasteiger partial charge in [-0.3, -0.25) is 4.79 Å². The fraction of sp³-hybridized carbons (Fsp3) is 0.333. The van der Waals surface area contributed by atoms with Crippen LogP contribution in [-0.2, 0) is 16.0 Å². The Morgan fingerprint density at radius 1 is 1.12 bits per heavy atom. The number of carbonyl (C=O) groups is 2. The number of hydrogen-bond acceptors (Lipinski definition) is 5. The molecule has 0 spiro atoms. The van der Waals surface area contributed by atoms with Gasteiger partial charge in [0.1, 0.15) is 10.8 Å². The lowest BCUT2D eigenvalue weighted by molar-refractivity contribution is -0.116. The molecule has 2 aromatic rings. The highest BCUT2D eigenvalue weighted by molar-refractivity contribution is 7.16. The summed E-state index contributed by atoms with van der Waals surface area (Å²) >= 11 is 1.39. The molecule has 0 aliphatic rings. The molecular formula is C18H21NO4S. The van der Waals surface area contributed by atoms with Crippen LogP contribution in [0.3, 0.4) is 0 Å². The third kappa shape index (κ3) is 4.14. The van der Waals surface area contributed by atoms with Gasteiger partial charge in [-0.05, 0) is 43.5 Å². The number of benzene rings is 1. The van der Waals surface area contributed by atoms with Crippen molar-refractivity contribution in [2.45, 2.75) is 26.7 Å². The van der Waals surface area contributed by atoms with Crippen LogP contribution in [0.2, 0.25) is 0 Å². The second-order valence-electron chi connectivity index (χ2n) is 5.38. The van der Waals surface area contributed by atoms with Gasteiger partial charge in [0.15, 0.2) is 0 Å². The quantitative estimate of drug-likeness (QED) is 0.809. The molecule has 0 fully saturated rings. The molecule has 1 aromatic carbocycles. The van der Waals surface area contributed by atoms with Crippen LogP contribution in [0.4, 0.5) is 5.00 Å². The smallest absolute Gasteiger partial charge is 0.341 e. The average molecular weight is 347 g/mol. The Morgan fingerprint density at radius 2 is 1.79 bits per heavy atom. The van der Waals surface area contributed by atoms with Crippen molar-refractivity contribution in [1.29, 1.82) is 0 Å². The number of ether oxygens (including phenoxy) is 2. The highest BCUT2D eigenvalue weighted by Gasteiger charge is 2.21. The van der Waals surface area contributed by atoms with E-state index in [1.54, 1.807) is 7.11 Å². The van der Waals surface area contributed by atoms with Gasteiger partial charge < -0.3 is 14.8 Å². The first kappa shape index (κ1) is 18.0. The second-order valence-corrected chi connectivity index (χ2v) is 6.60. The molecule has 1 aromatic heterocycles. The molecule has 0 saturated carbocycles. The third-order valence-electron chi connectivity index (χ3n) is 3.83. The standard InChI is InChI=1S/C18H21NO4S/c1-11-12(2)24-17(16(11)18(21)23-4)19-15(20)10-7-13-5-8-14(22-3)9-6-13/h5-6,8-9H,7,10H2,1-4H3,(H,19,20). The van der Waals surface area contributed by atoms with E-state index >= 15 is 0 Å². The number of rotatable bonds is 6. The van der Waals surface area contributed by atoms with Crippen molar-refractivity contribution in [2.75, 3.05) is 19.5 Å². The minimum Gasteiger partial charge on any atom is -0.497 e. The van der Waals surface area contributed by atoms with E-state index in [1.807, 2.05) is 38.1 Å². The first-order valence-corrected chi connectivity index (χ1v) is 8.39. The highest BCUT2D eigenvalue weighted by Crippen LogP contribution is 2.33. The largest absolute Gasteiger partial charge is 0.497 e. The number of hydrogen-bond donors (Lipinski definition) is 1. The number of thiophene rings is 1. The summed E-state index contributed by atoms with van der Waals surface area (Å²) in [5.41, 5.74) is 2.34. The Bertz CT molecular complexity index is 734. The Morgan fingerprint density at radius 3 is 2.38 bits per heavy atom. The predicted molar refractivity (Wildman–Crippen MR) is 95.1 cm³/mol. The molecule has 5 nitrogen and oxygen atoms in total. The van der Waals surface area contributed by atoms with Crippen molar-refractivity contribution in [3.8, 4) is 5.75 Å². The molecule has 0 radical (unpaired) electrons. The molecular weight excluding hydrogens is 326 g/mol. The monoisotopic (exact) mass is 347 g/mol. The number of amides is 1. The van der Waals surface area contributed by atoms with Gasteiger partial charge in [0.25, 0.3) is 0 Å². The van der Waals surface area contributed by atoms with Crippen molar-refractivity contribution in [3.05, 3.63) is 45.8 Å². The second kappa shape index (κ2) is 7.97. The zero-order valence-corrected chi connectivity index (χ0v) is 15.1. The normalized spacial score (nSPS) is 10.3. The van der Waals surface area contributed by atoms with Crippen LogP contribution in [0.5, 0.6) is 5.75 Å². The van der Waals surface area contributed by atoms with E-state index in [-0.39, 0.29) is 5.91 Å². The summed E-state index contributed by atoms with van der Waals surface area (Å²) in [5.74, 6) is 0.231. The first-order valence-electron chi connectivity index (χ1n) is 7.57. The number of methoxy groups -OCH3 is 2. The summed E-state index contributed by atoms with van der Waals surface area (Å²) in [7, 11) is 2.95. The van der Waals surface area contributed by atoms with E-state index in [9.17, 15) is 9.59 Å². The summed E-state index contributed by atoms with van der Waals surface area (Å²) in [6.45, 7) is 3.77. The highest BCUT2D eigenvalue weighted by atomic mass is 32.1. The molecule has 0 atom stereocenters. The lowest BCUT2D eigenvalue weighted by Crippen LogP contribution is -2.14. The Kier molecular flexibility index (Phi) is 5.98. The molecule has 0 bridgehead atoms. The van der Waals surface area contributed by atoms with Gasteiger partial charge >= 0.3 is 5.97 Å². The fourth-order valence-electron chi connectivity index (χ4n) is 2.30. The molecule has 1 amide bonds. The molecule has 0 saturated heterocycles. The van der Waals surface area contributed by atoms with E-state index < -0.39 is 5.97 Å². The van der Waals surface area contributed by atoms with Crippen LogP contribution in [-0.4, -0.2) is 26.1 Å². The molecule has 0 aliphatic heterocycles. The van der Waals surface area contributed by atoms with Crippen molar-refractivity contribution in [1.82, 2.24) is 0 Å². The molecule has 1 N–H and O–H groups in total. The number of carbonyl (C=O) groups excluding carboxylic acids is 2. The summed E-state index contributed by atoms with van der Waals surface area (Å²) in [6.07, 6.45) is 0.954. The van der Waals surface area contributed by atoms with E-state index in [0.29, 0.717) is 23.4 Å². The van der Waals surface area contributed by atoms with E-state index in [1.165, 1.54) is 18.4 Å². The maximum atomic E-state index is 12.2. The maximum Gasteiger partial charge on any atom is 0.341 e. The Balaban J connectivity index is 2.02. The first-order chi connectivity index (χ1) is 11.5. The predicted octanol–water partition coefficient (Wildman–Crippen LogP) is 3.73. The fourth-order valence-corrected chi connectivity index (χ4v) is 3.37. The van der Waals surface area contributed by atoms with Gasteiger partial charge in [-0.1, -0.05) is 12.1 Å². The molecule has 0 unspecified atom stereocenters. The van der Waals surface area contributed by atoms with Crippen LogP contribution >= 0.6 is 11.3 Å². The van der Waals surface area contributed by atoms with Crippen LogP contribution in [0.25, 0.3) is 0 Å². The summed E-state index contributed by atoms with van der Waals surface area (Å²) in [5, 5.41) is 3.39. The van der Waals surface area contributed by atoms with Crippen LogP contribution in [0.15, 0.2) is 24.3 Å². The summed E-state index contributed by atoms with van der Waals surface area (Å²) < 4.78 is 9.92. The van der Waals surface area contributed by atoms with Gasteiger partial charge in [-0.25, -0.2) is 4.79 Å². The van der Waals surface area contributed by atoms with Crippen molar-refractivity contribution in [3.63, 3.8) is 0 Å². The van der Waals surface area contributed by atoms with Gasteiger partial charge in [0.2, 0.25) is 5.91 Å². The summed E-state index contributed by atoms with van der Waals surface area (Å²) in [4.78, 5) is 25.1. The molecule has 1 heterocycles. The number of aryl methyl sites for hydroxylation is 2. The SMILES string of the molecule is COC(=O)c1c(NC(=O)CCc2ccc(OC)cc2)sc(C)c1C. The lowest BCUT2D eigenvalue weighted by atomic mass is 10.1. The van der Waals surface area contributed by atoms with Crippen LogP contribution in [0.1, 0.15) is 32.8 Å². The zero-order valence-electron chi connectivity index (χ0n) is 14.3. The van der Waals surface area contributed by atoms with Gasteiger partial charge in [-0.15, -0.1) is 11.3 Å². The van der Waals surface area contributed by atoms with Crippen LogP contribution in [0, 0.1) is 13.8 Å². The molecule has 0 aliphatic carbocycles. The maximum absolute atomic E-state index is 12.2. The van der Waals surface area contributed by atoms with Crippen molar-refractivity contribution in [2.24, 2.45) is 0 Å². The topological polar surface area (TPSA) is 64.6 Å². The van der Waals surface area contributed by atoms with Gasteiger partial charge in [0, 0.05) is 11.3 Å². The molecule has 24 heavy (non-hydrogen) atoms. The zero-order chi connectivity index (χ0) is 17.7. The Labute approximate surface area is 145 Å².